The molecule has 0 unspecified atom stereocenters. The molecule has 1 amide bonds. The second-order valence-electron chi connectivity index (χ2n) is 9.69. The molecule has 1 aliphatic rings. The van der Waals surface area contributed by atoms with Crippen LogP contribution in [0.5, 0.6) is 5.75 Å². The maximum absolute atomic E-state index is 11.9. The van der Waals surface area contributed by atoms with Crippen molar-refractivity contribution >= 4 is 35.8 Å². The van der Waals surface area contributed by atoms with Gasteiger partial charge in [0.05, 0.1) is 12.3 Å². The predicted molar refractivity (Wildman–Crippen MR) is 175 cm³/mol. The summed E-state index contributed by atoms with van der Waals surface area (Å²) in [6.45, 7) is 8.62. The summed E-state index contributed by atoms with van der Waals surface area (Å²) in [6, 6.07) is 13.6. The molecule has 3 rings (SSSR count). The molecule has 1 saturated carbocycles. The number of primary amides is 1. The van der Waals surface area contributed by atoms with Crippen LogP contribution in [0.4, 0.5) is 5.69 Å². The van der Waals surface area contributed by atoms with Gasteiger partial charge in [0.25, 0.3) is 0 Å². The summed E-state index contributed by atoms with van der Waals surface area (Å²) in [5, 5.41) is 7.78. The minimum Gasteiger partial charge on any atom is -0.491 e. The van der Waals surface area contributed by atoms with Crippen molar-refractivity contribution in [3.05, 3.63) is 70.8 Å². The fourth-order valence-electron chi connectivity index (χ4n) is 4.81. The Bertz CT molecular complexity index is 1000. The number of carbonyl (C=O) groups is 1. The van der Waals surface area contributed by atoms with E-state index in [0.717, 1.165) is 86.9 Å². The highest BCUT2D eigenvalue weighted by atomic mass is 35.5. The molecule has 224 valence electrons. The number of aliphatic hydroxyl groups excluding tert-OH is 1. The first kappa shape index (κ1) is 35.9. The van der Waals surface area contributed by atoms with Crippen molar-refractivity contribution in [1.82, 2.24) is 0 Å². The number of amides is 1. The number of rotatable bonds is 16. The third kappa shape index (κ3) is 12.6. The van der Waals surface area contributed by atoms with Crippen LogP contribution in [-0.4, -0.2) is 43.6 Å². The first-order valence-electron chi connectivity index (χ1n) is 14.8. The molecule has 3 N–H and O–H groups in total. The number of aryl methyl sites for hydroxylation is 1. The Morgan fingerprint density at radius 3 is 2.48 bits per heavy atom. The Morgan fingerprint density at radius 2 is 1.85 bits per heavy atom. The maximum atomic E-state index is 11.9. The Hall–Kier alpha value is -2.15. The molecule has 0 bridgehead atoms. The first-order chi connectivity index (χ1) is 19.5. The van der Waals surface area contributed by atoms with Crippen molar-refractivity contribution in [3.8, 4) is 5.75 Å². The van der Waals surface area contributed by atoms with E-state index in [0.29, 0.717) is 18.1 Å². The lowest BCUT2D eigenvalue weighted by Gasteiger charge is -2.40. The number of unbranched alkanes of at least 4 members (excludes halogenated alkanes) is 2. The van der Waals surface area contributed by atoms with E-state index in [1.807, 2.05) is 44.2 Å². The van der Waals surface area contributed by atoms with Gasteiger partial charge < -0.3 is 20.5 Å². The Kier molecular flexibility index (Phi) is 19.4. The second-order valence-corrected chi connectivity index (χ2v) is 10.6. The minimum absolute atomic E-state index is 0.409. The number of allylic oxidation sites excluding steroid dienone is 2. The number of ether oxygens (including phenoxy) is 1. The topological polar surface area (TPSA) is 75.8 Å². The van der Waals surface area contributed by atoms with E-state index in [4.69, 9.17) is 27.2 Å². The van der Waals surface area contributed by atoms with E-state index < -0.39 is 5.91 Å². The normalized spacial score (nSPS) is 15.8. The van der Waals surface area contributed by atoms with Crippen LogP contribution in [0.25, 0.3) is 0 Å². The zero-order chi connectivity index (χ0) is 29.8. The molecule has 0 aliphatic heterocycles. The second kappa shape index (κ2) is 21.6. The highest BCUT2D eigenvalue weighted by molar-refractivity contribution is 7.80. The molecule has 1 aliphatic carbocycles. The lowest BCUT2D eigenvalue weighted by molar-refractivity contribution is 0.1000. The number of thiol groups is 1. The summed E-state index contributed by atoms with van der Waals surface area (Å²) in [7, 11) is 1.00. The molecule has 0 saturated heterocycles. The fourth-order valence-corrected chi connectivity index (χ4v) is 5.21. The summed E-state index contributed by atoms with van der Waals surface area (Å²) < 4.78 is 6.24. The third-order valence-electron chi connectivity index (χ3n) is 7.14. The van der Waals surface area contributed by atoms with E-state index in [1.54, 1.807) is 6.07 Å². The molecule has 0 radical (unpaired) electrons. The van der Waals surface area contributed by atoms with Crippen molar-refractivity contribution in [2.45, 2.75) is 72.1 Å². The molecule has 0 aromatic heterocycles. The fraction of sp³-hybridized carbons (Fsp3) is 0.545. The van der Waals surface area contributed by atoms with Gasteiger partial charge in [0.1, 0.15) is 5.75 Å². The van der Waals surface area contributed by atoms with Crippen LogP contribution in [0.15, 0.2) is 54.6 Å². The van der Waals surface area contributed by atoms with Gasteiger partial charge in [-0.3, -0.25) is 4.79 Å². The molecule has 2 aromatic carbocycles. The zero-order valence-electron chi connectivity index (χ0n) is 24.9. The van der Waals surface area contributed by atoms with Crippen LogP contribution in [0.2, 0.25) is 5.02 Å². The van der Waals surface area contributed by atoms with E-state index in [1.165, 1.54) is 18.4 Å². The first-order valence-corrected chi connectivity index (χ1v) is 15.8. The minimum atomic E-state index is -0.409. The van der Waals surface area contributed by atoms with Gasteiger partial charge in [0.15, 0.2) is 0 Å². The highest BCUT2D eigenvalue weighted by Crippen LogP contribution is 2.40. The van der Waals surface area contributed by atoms with Crippen molar-refractivity contribution in [2.75, 3.05) is 37.5 Å². The molecule has 0 spiro atoms. The number of hydrogen-bond donors (Lipinski definition) is 3. The van der Waals surface area contributed by atoms with E-state index in [9.17, 15) is 4.79 Å². The van der Waals surface area contributed by atoms with Gasteiger partial charge in [-0.05, 0) is 112 Å². The average Bonchev–Trinajstić information content (AvgIpc) is 2.97. The van der Waals surface area contributed by atoms with Gasteiger partial charge >= 0.3 is 0 Å². The van der Waals surface area contributed by atoms with Gasteiger partial charge in [-0.15, -0.1) is 0 Å². The number of aliphatic hydroxyl groups is 1. The van der Waals surface area contributed by atoms with E-state index in [2.05, 4.69) is 42.7 Å². The predicted octanol–water partition coefficient (Wildman–Crippen LogP) is 7.98. The van der Waals surface area contributed by atoms with Gasteiger partial charge in [-0.25, -0.2) is 0 Å². The summed E-state index contributed by atoms with van der Waals surface area (Å²) in [4.78, 5) is 14.3. The van der Waals surface area contributed by atoms with Crippen molar-refractivity contribution in [3.63, 3.8) is 0 Å². The maximum Gasteiger partial charge on any atom is 0.248 e. The van der Waals surface area contributed by atoms with Crippen LogP contribution in [0.1, 0.15) is 81.6 Å². The molecule has 40 heavy (non-hydrogen) atoms. The average molecular weight is 591 g/mol. The summed E-state index contributed by atoms with van der Waals surface area (Å²) >= 11 is 10.4. The molecule has 2 atom stereocenters. The van der Waals surface area contributed by atoms with E-state index >= 15 is 0 Å². The number of anilines is 1. The highest BCUT2D eigenvalue weighted by Gasteiger charge is 2.31. The molecular weight excluding hydrogens is 540 g/mol. The summed E-state index contributed by atoms with van der Waals surface area (Å²) in [5.41, 5.74) is 8.35. The van der Waals surface area contributed by atoms with Crippen LogP contribution in [0, 0.1) is 11.8 Å². The van der Waals surface area contributed by atoms with Crippen molar-refractivity contribution in [2.24, 2.45) is 17.6 Å². The van der Waals surface area contributed by atoms with Gasteiger partial charge in [-0.2, -0.15) is 12.6 Å². The number of benzene rings is 2. The molecule has 2 aromatic rings. The van der Waals surface area contributed by atoms with Crippen LogP contribution in [-0.2, 0) is 6.42 Å². The van der Waals surface area contributed by atoms with Crippen LogP contribution < -0.4 is 15.4 Å². The number of nitrogens with two attached hydrogens (primary N) is 1. The smallest absolute Gasteiger partial charge is 0.248 e. The number of halogens is 1. The molecule has 7 heteroatoms. The monoisotopic (exact) mass is 590 g/mol. The van der Waals surface area contributed by atoms with Crippen molar-refractivity contribution < 1.29 is 14.6 Å². The number of nitrogens with zero attached hydrogens (tertiary/aromatic N) is 1. The number of hydrogen-bond acceptors (Lipinski definition) is 5. The Labute approximate surface area is 253 Å². The van der Waals surface area contributed by atoms with Crippen LogP contribution in [0.3, 0.4) is 0 Å². The van der Waals surface area contributed by atoms with E-state index in [-0.39, 0.29) is 0 Å². The van der Waals surface area contributed by atoms with Crippen molar-refractivity contribution in [1.29, 1.82) is 0 Å². The van der Waals surface area contributed by atoms with Gasteiger partial charge in [0.2, 0.25) is 5.91 Å². The lowest BCUT2D eigenvalue weighted by Crippen LogP contribution is -2.38. The molecule has 1 fully saturated rings. The molecule has 0 heterocycles. The summed E-state index contributed by atoms with van der Waals surface area (Å²) in [5.74, 6) is 2.74. The Morgan fingerprint density at radius 1 is 1.10 bits per heavy atom. The number of carbonyl (C=O) groups excluding carboxylic acids is 1. The quantitative estimate of drug-likeness (QED) is 0.105. The SMILES string of the molecule is CC.CCN(C[C@@H]1CC[C@H]1C/C=C/CCCS)c1cc(C(N)=O)ccc1OCCCCc1cccc(Cl)c1.CO. The largest absolute Gasteiger partial charge is 0.491 e. The van der Waals surface area contributed by atoms with Gasteiger partial charge in [-0.1, -0.05) is 49.7 Å². The van der Waals surface area contributed by atoms with Crippen LogP contribution >= 0.6 is 24.2 Å². The molecular formula is C33H51ClN2O3S. The lowest BCUT2D eigenvalue weighted by atomic mass is 9.71. The molecule has 5 nitrogen and oxygen atoms in total. The summed E-state index contributed by atoms with van der Waals surface area (Å²) in [6.07, 6.45) is 13.5. The zero-order valence-corrected chi connectivity index (χ0v) is 26.6. The Balaban J connectivity index is 0.00000191. The standard InChI is InChI=1S/C30H41ClN2O2S.C2H6.CH4O/c1-2-33(22-26-15-14-24(26)12-5-3-4-8-19-36)28-21-25(30(32)34)16-17-29(28)35-18-7-6-10-23-11-9-13-27(31)20-23;2*1-2/h3,5,9,11,13,16-17,20-21,24,26,36H,2,4,6-8,10,12,14-15,18-19,22H2,1H3,(H2,32,34);1-2H3;2H,1H3/b5-3+;;/t24-,26+;;/m1../s1. The third-order valence-corrected chi connectivity index (χ3v) is 7.69. The van der Waals surface area contributed by atoms with Gasteiger partial charge in [0, 0.05) is 30.8 Å².